The second-order valence-electron chi connectivity index (χ2n) is 17.5. The number of benzene rings is 4. The number of amides is 4. The highest BCUT2D eigenvalue weighted by atomic mass is 16.5. The summed E-state index contributed by atoms with van der Waals surface area (Å²) in [5, 5.41) is 7.78. The lowest BCUT2D eigenvalue weighted by Crippen LogP contribution is -2.52. The number of nitrogens with one attached hydrogen (secondary N) is 4. The van der Waals surface area contributed by atoms with Gasteiger partial charge in [0.05, 0.1) is 50.1 Å². The summed E-state index contributed by atoms with van der Waals surface area (Å²) in [7, 11) is 2.62. The zero-order chi connectivity index (χ0) is 44.5. The summed E-state index contributed by atoms with van der Waals surface area (Å²) < 4.78 is 9.73. The molecule has 2 aromatic heterocycles. The minimum atomic E-state index is -0.708. The second kappa shape index (κ2) is 18.0. The van der Waals surface area contributed by atoms with Crippen molar-refractivity contribution in [3.8, 4) is 33.6 Å². The standard InChI is InChI=1S/C50H54N8O6/c1-29(2)43(55-49(61)63-3)47(59)57-21-7-11-41(57)46-52-28-40(54-46)37-20-19-35-23-34(17-18-36(35)24-37)30-13-15-31(16-14-30)39-27-51-45(53-39)42-12-8-22-58(42)48(60)44(56-50(62)64-4)38-25-32-9-5-6-10-33(32)26-38/h5-6,9-10,13-20,23-24,27-29,38,41-44H,7-8,11-12,21-22,25-26H2,1-4H3,(H,51,53)(H,52,54)(H,55,61)(H,56,62)/t41-,42-,43-,44-/m0/s1. The second-order valence-corrected chi connectivity index (χ2v) is 17.5. The zero-order valence-electron chi connectivity index (χ0n) is 36.6. The maximum Gasteiger partial charge on any atom is 0.407 e. The van der Waals surface area contributed by atoms with Crippen LogP contribution in [0.2, 0.25) is 0 Å². The van der Waals surface area contributed by atoms with Gasteiger partial charge in [-0.3, -0.25) is 9.59 Å². The maximum atomic E-state index is 14.3. The number of fused-ring (bicyclic) bond motifs is 2. The average molecular weight is 863 g/mol. The smallest absolute Gasteiger partial charge is 0.407 e. The molecule has 2 aliphatic heterocycles. The number of rotatable bonds is 11. The van der Waals surface area contributed by atoms with Gasteiger partial charge >= 0.3 is 12.2 Å². The van der Waals surface area contributed by atoms with Gasteiger partial charge in [0.2, 0.25) is 11.8 Å². The summed E-state index contributed by atoms with van der Waals surface area (Å²) >= 11 is 0. The number of methoxy groups -OCH3 is 2. The van der Waals surface area contributed by atoms with E-state index in [0.717, 1.165) is 94.6 Å². The lowest BCUT2D eigenvalue weighted by atomic mass is 9.95. The molecular formula is C50H54N8O6. The van der Waals surface area contributed by atoms with E-state index < -0.39 is 24.3 Å². The van der Waals surface area contributed by atoms with Crippen molar-refractivity contribution in [1.29, 1.82) is 0 Å². The fraction of sp³-hybridized carbons (Fsp3) is 0.360. The Morgan fingerprint density at radius 3 is 1.72 bits per heavy atom. The molecule has 1 aliphatic carbocycles. The first kappa shape index (κ1) is 42.3. The van der Waals surface area contributed by atoms with Crippen molar-refractivity contribution >= 4 is 34.8 Å². The Morgan fingerprint density at radius 2 is 1.14 bits per heavy atom. The minimum absolute atomic E-state index is 0.0647. The van der Waals surface area contributed by atoms with Crippen molar-refractivity contribution in [2.45, 2.75) is 76.5 Å². The number of nitrogens with zero attached hydrogens (tertiary/aromatic N) is 4. The first-order valence-corrected chi connectivity index (χ1v) is 22.2. The molecule has 4 aromatic carbocycles. The number of alkyl carbamates (subject to hydrolysis) is 2. The molecule has 3 aliphatic rings. The molecule has 14 nitrogen and oxygen atoms in total. The summed E-state index contributed by atoms with van der Waals surface area (Å²) in [5.74, 6) is 1.04. The van der Waals surface area contributed by atoms with Crippen molar-refractivity contribution in [3.63, 3.8) is 0 Å². The molecule has 2 saturated heterocycles. The summed E-state index contributed by atoms with van der Waals surface area (Å²) in [6.45, 7) is 5.00. The number of carbonyl (C=O) groups excluding carboxylic acids is 4. The number of aromatic nitrogens is 4. The number of imidazole rings is 2. The molecule has 4 heterocycles. The predicted octanol–water partition coefficient (Wildman–Crippen LogP) is 8.13. The van der Waals surface area contributed by atoms with Crippen molar-refractivity contribution < 1.29 is 28.7 Å². The van der Waals surface area contributed by atoms with Crippen LogP contribution in [-0.4, -0.2) is 93.1 Å². The SMILES string of the molecule is COC(=O)N[C@H](C(=O)N1CCC[C@H]1c1ncc(-c2ccc3cc(-c4ccc(-c5cnc([C@@H]6CCCN6C(=O)[C@@H](NC(=O)OC)C6Cc7ccccc7C6)[nH]5)cc4)ccc3c2)[nH]1)C(C)C. The molecule has 4 atom stereocenters. The molecule has 0 saturated carbocycles. The van der Waals surface area contributed by atoms with Gasteiger partial charge in [-0.25, -0.2) is 19.6 Å². The van der Waals surface area contributed by atoms with Gasteiger partial charge in [0.1, 0.15) is 23.7 Å². The highest BCUT2D eigenvalue weighted by Gasteiger charge is 2.42. The van der Waals surface area contributed by atoms with Crippen LogP contribution in [0.5, 0.6) is 0 Å². The lowest BCUT2D eigenvalue weighted by Gasteiger charge is -2.31. The summed E-state index contributed by atoms with van der Waals surface area (Å²) in [4.78, 5) is 72.5. The van der Waals surface area contributed by atoms with Crippen LogP contribution in [0.4, 0.5) is 9.59 Å². The third-order valence-corrected chi connectivity index (χ3v) is 13.2. The van der Waals surface area contributed by atoms with E-state index in [9.17, 15) is 19.2 Å². The Balaban J connectivity index is 0.865. The van der Waals surface area contributed by atoms with Crippen LogP contribution in [0.1, 0.15) is 74.4 Å². The number of hydrogen-bond acceptors (Lipinski definition) is 8. The van der Waals surface area contributed by atoms with Crippen molar-refractivity contribution in [1.82, 2.24) is 40.4 Å². The van der Waals surface area contributed by atoms with E-state index in [1.165, 1.54) is 25.3 Å². The van der Waals surface area contributed by atoms with E-state index in [4.69, 9.17) is 19.4 Å². The monoisotopic (exact) mass is 862 g/mol. The molecule has 6 aromatic rings. The summed E-state index contributed by atoms with van der Waals surface area (Å²) in [6.07, 6.45) is 7.11. The van der Waals surface area contributed by atoms with E-state index in [2.05, 4.69) is 93.4 Å². The van der Waals surface area contributed by atoms with E-state index in [-0.39, 0.29) is 35.7 Å². The highest BCUT2D eigenvalue weighted by molar-refractivity contribution is 5.91. The van der Waals surface area contributed by atoms with Gasteiger partial charge < -0.3 is 39.9 Å². The van der Waals surface area contributed by atoms with Crippen LogP contribution in [-0.2, 0) is 31.9 Å². The fourth-order valence-electron chi connectivity index (χ4n) is 9.82. The van der Waals surface area contributed by atoms with Gasteiger partial charge in [-0.2, -0.15) is 0 Å². The Hall–Kier alpha value is -6.96. The predicted molar refractivity (Wildman–Crippen MR) is 243 cm³/mol. The van der Waals surface area contributed by atoms with Crippen molar-refractivity contribution in [2.24, 2.45) is 11.8 Å². The van der Waals surface area contributed by atoms with Crippen molar-refractivity contribution in [2.75, 3.05) is 27.3 Å². The van der Waals surface area contributed by atoms with Crippen LogP contribution in [0.15, 0.2) is 97.3 Å². The van der Waals surface area contributed by atoms with E-state index >= 15 is 0 Å². The molecule has 64 heavy (non-hydrogen) atoms. The first-order valence-electron chi connectivity index (χ1n) is 22.2. The number of H-pyrrole nitrogens is 2. The van der Waals surface area contributed by atoms with Crippen LogP contribution < -0.4 is 10.6 Å². The average Bonchev–Trinajstić information content (AvgIpc) is 4.18. The van der Waals surface area contributed by atoms with E-state index in [1.54, 1.807) is 0 Å². The quantitative estimate of drug-likeness (QED) is 0.101. The van der Waals surface area contributed by atoms with Crippen LogP contribution >= 0.6 is 0 Å². The molecular weight excluding hydrogens is 809 g/mol. The molecule has 9 rings (SSSR count). The lowest BCUT2D eigenvalue weighted by molar-refractivity contribution is -0.136. The molecule has 4 amide bonds. The minimum Gasteiger partial charge on any atom is -0.453 e. The van der Waals surface area contributed by atoms with Gasteiger partial charge in [-0.05, 0) is 101 Å². The summed E-state index contributed by atoms with van der Waals surface area (Å²) in [6, 6.07) is 27.5. The largest absolute Gasteiger partial charge is 0.453 e. The van der Waals surface area contributed by atoms with Gasteiger partial charge in [-0.15, -0.1) is 0 Å². The Morgan fingerprint density at radius 1 is 0.641 bits per heavy atom. The number of ether oxygens (including phenoxy) is 2. The van der Waals surface area contributed by atoms with E-state index in [1.807, 2.05) is 48.2 Å². The van der Waals surface area contributed by atoms with Gasteiger partial charge in [0.15, 0.2) is 0 Å². The molecule has 4 N–H and O–H groups in total. The molecule has 0 spiro atoms. The third-order valence-electron chi connectivity index (χ3n) is 13.2. The normalized spacial score (nSPS) is 18.3. The Bertz CT molecular complexity index is 2660. The van der Waals surface area contributed by atoms with Crippen LogP contribution in [0.3, 0.4) is 0 Å². The van der Waals surface area contributed by atoms with E-state index in [0.29, 0.717) is 13.1 Å². The molecule has 0 unspecified atom stereocenters. The topological polar surface area (TPSA) is 175 Å². The number of hydrogen-bond donors (Lipinski definition) is 4. The Labute approximate surface area is 372 Å². The first-order chi connectivity index (χ1) is 31.1. The molecule has 330 valence electrons. The summed E-state index contributed by atoms with van der Waals surface area (Å²) in [5.41, 5.74) is 8.31. The maximum absolute atomic E-state index is 14.3. The molecule has 14 heteroatoms. The zero-order valence-corrected chi connectivity index (χ0v) is 36.6. The van der Waals surface area contributed by atoms with Gasteiger partial charge in [-0.1, -0.05) is 86.6 Å². The Kier molecular flexibility index (Phi) is 11.9. The third kappa shape index (κ3) is 8.44. The number of carbonyl (C=O) groups is 4. The van der Waals surface area contributed by atoms with Gasteiger partial charge in [0.25, 0.3) is 0 Å². The number of likely N-dealkylation sites (tertiary alicyclic amines) is 2. The highest BCUT2D eigenvalue weighted by Crippen LogP contribution is 2.37. The number of aromatic amines is 2. The molecule has 0 radical (unpaired) electrons. The molecule has 0 bridgehead atoms. The van der Waals surface area contributed by atoms with Gasteiger partial charge in [0, 0.05) is 18.7 Å². The van der Waals surface area contributed by atoms with Crippen LogP contribution in [0, 0.1) is 11.8 Å². The fourth-order valence-corrected chi connectivity index (χ4v) is 9.82. The van der Waals surface area contributed by atoms with Crippen LogP contribution in [0.25, 0.3) is 44.4 Å². The van der Waals surface area contributed by atoms with Crippen molar-refractivity contribution in [3.05, 3.63) is 120 Å². The molecule has 2 fully saturated rings.